The van der Waals surface area contributed by atoms with Crippen LogP contribution in [0, 0.1) is 0 Å². The van der Waals surface area contributed by atoms with Crippen LogP contribution >= 0.6 is 11.6 Å². The van der Waals surface area contributed by atoms with Crippen LogP contribution in [0.1, 0.15) is 6.92 Å². The van der Waals surface area contributed by atoms with Crippen molar-refractivity contribution in [3.05, 3.63) is 0 Å². The minimum atomic E-state index is -3.99. The Morgan fingerprint density at radius 3 is 2.46 bits per heavy atom. The number of hydrogen-bond acceptors (Lipinski definition) is 3. The van der Waals surface area contributed by atoms with Crippen molar-refractivity contribution >= 4 is 23.5 Å². The number of rotatable bonds is 4. The number of alkyl halides is 3. The summed E-state index contributed by atoms with van der Waals surface area (Å²) in [6.45, 7) is 1.05. The monoisotopic (exact) mass is 215 g/mol. The highest BCUT2D eigenvalue weighted by molar-refractivity contribution is 6.32. The Hall–Kier alpha value is -0.910. The molecular formula is C6H8ClF2NO3. The minimum absolute atomic E-state index is 0.117. The number of halogens is 3. The van der Waals surface area contributed by atoms with Gasteiger partial charge in [-0.05, 0) is 18.5 Å². The summed E-state index contributed by atoms with van der Waals surface area (Å²) in [7, 11) is 0. The third-order valence-electron chi connectivity index (χ3n) is 0.956. The molecule has 0 fully saturated rings. The second-order valence-electron chi connectivity index (χ2n) is 1.99. The lowest BCUT2D eigenvalue weighted by atomic mass is 10.5. The Labute approximate surface area is 78.2 Å². The molecule has 0 aliphatic rings. The van der Waals surface area contributed by atoms with Crippen molar-refractivity contribution in [2.24, 2.45) is 0 Å². The number of nitrogens with one attached hydrogen (secondary N) is 1. The van der Waals surface area contributed by atoms with Gasteiger partial charge in [-0.25, -0.2) is 0 Å². The van der Waals surface area contributed by atoms with Crippen LogP contribution in [-0.2, 0) is 14.3 Å². The smallest absolute Gasteiger partial charge is 0.399 e. The molecule has 7 heteroatoms. The number of esters is 1. The highest BCUT2D eigenvalue weighted by Gasteiger charge is 2.35. The predicted octanol–water partition coefficient (Wildman–Crippen LogP) is 0.497. The minimum Gasteiger partial charge on any atom is -0.465 e. The molecule has 0 aromatic rings. The molecule has 0 aromatic carbocycles. The first kappa shape index (κ1) is 12.1. The van der Waals surface area contributed by atoms with Crippen LogP contribution in [0.25, 0.3) is 0 Å². The normalized spacial score (nSPS) is 10.8. The van der Waals surface area contributed by atoms with E-state index in [-0.39, 0.29) is 6.61 Å². The maximum atomic E-state index is 12.0. The van der Waals surface area contributed by atoms with Crippen LogP contribution in [0.3, 0.4) is 0 Å². The molecule has 1 N–H and O–H groups in total. The molecule has 0 spiro atoms. The standard InChI is InChI=1S/C6H8ClF2NO3/c1-2-13-4(11)3-10-5(12)6(7,8)9/h2-3H2,1H3,(H,10,12). The Morgan fingerprint density at radius 2 is 2.08 bits per heavy atom. The lowest BCUT2D eigenvalue weighted by Gasteiger charge is -2.07. The molecule has 0 aliphatic heterocycles. The molecule has 0 saturated heterocycles. The number of amides is 1. The van der Waals surface area contributed by atoms with Gasteiger partial charge in [-0.2, -0.15) is 8.78 Å². The molecule has 0 radical (unpaired) electrons. The first-order valence-electron chi connectivity index (χ1n) is 3.38. The van der Waals surface area contributed by atoms with Crippen LogP contribution in [0.5, 0.6) is 0 Å². The molecule has 0 unspecified atom stereocenters. The highest BCUT2D eigenvalue weighted by Crippen LogP contribution is 2.17. The van der Waals surface area contributed by atoms with Crippen molar-refractivity contribution in [3.63, 3.8) is 0 Å². The summed E-state index contributed by atoms with van der Waals surface area (Å²) >= 11 is 4.35. The zero-order valence-electron chi connectivity index (χ0n) is 6.77. The summed E-state index contributed by atoms with van der Waals surface area (Å²) < 4.78 is 28.3. The predicted molar refractivity (Wildman–Crippen MR) is 40.4 cm³/mol. The van der Waals surface area contributed by atoms with Gasteiger partial charge >= 0.3 is 17.3 Å². The fourth-order valence-corrected chi connectivity index (χ4v) is 0.532. The van der Waals surface area contributed by atoms with Crippen LogP contribution in [0.15, 0.2) is 0 Å². The van der Waals surface area contributed by atoms with E-state index < -0.39 is 23.8 Å². The Morgan fingerprint density at radius 1 is 1.54 bits per heavy atom. The molecule has 0 aromatic heterocycles. The maximum absolute atomic E-state index is 12.0. The SMILES string of the molecule is CCOC(=O)CNC(=O)C(F)(F)Cl. The highest BCUT2D eigenvalue weighted by atomic mass is 35.5. The molecule has 76 valence electrons. The van der Waals surface area contributed by atoms with Crippen LogP contribution in [-0.4, -0.2) is 30.4 Å². The molecule has 13 heavy (non-hydrogen) atoms. The van der Waals surface area contributed by atoms with Gasteiger partial charge in [0.1, 0.15) is 6.54 Å². The van der Waals surface area contributed by atoms with Crippen molar-refractivity contribution in [2.75, 3.05) is 13.2 Å². The first-order chi connectivity index (χ1) is 5.88. The topological polar surface area (TPSA) is 55.4 Å². The second-order valence-corrected chi connectivity index (χ2v) is 2.46. The fourth-order valence-electron chi connectivity index (χ4n) is 0.465. The van der Waals surface area contributed by atoms with Gasteiger partial charge in [0.2, 0.25) is 0 Å². The van der Waals surface area contributed by atoms with E-state index in [1.165, 1.54) is 0 Å². The van der Waals surface area contributed by atoms with Gasteiger partial charge in [0, 0.05) is 0 Å². The molecule has 1 amide bonds. The van der Waals surface area contributed by atoms with Crippen LogP contribution < -0.4 is 5.32 Å². The number of carbonyl (C=O) groups is 2. The molecule has 0 rings (SSSR count). The molecule has 0 aliphatic carbocycles. The lowest BCUT2D eigenvalue weighted by Crippen LogP contribution is -2.39. The van der Waals surface area contributed by atoms with E-state index >= 15 is 0 Å². The summed E-state index contributed by atoms with van der Waals surface area (Å²) in [5, 5.41) is -2.38. The summed E-state index contributed by atoms with van der Waals surface area (Å²) in [6, 6.07) is 0. The Kier molecular flexibility index (Phi) is 4.61. The number of carbonyl (C=O) groups excluding carboxylic acids is 2. The van der Waals surface area contributed by atoms with Gasteiger partial charge in [-0.15, -0.1) is 0 Å². The van der Waals surface area contributed by atoms with E-state index in [4.69, 9.17) is 0 Å². The van der Waals surface area contributed by atoms with Crippen molar-refractivity contribution in [3.8, 4) is 0 Å². The largest absolute Gasteiger partial charge is 0.465 e. The average Bonchev–Trinajstić information content (AvgIpc) is 1.99. The third kappa shape index (κ3) is 5.35. The van der Waals surface area contributed by atoms with Crippen molar-refractivity contribution in [2.45, 2.75) is 12.3 Å². The van der Waals surface area contributed by atoms with Gasteiger partial charge in [0.05, 0.1) is 6.61 Å². The van der Waals surface area contributed by atoms with E-state index in [0.29, 0.717) is 0 Å². The van der Waals surface area contributed by atoms with Gasteiger partial charge < -0.3 is 10.1 Å². The van der Waals surface area contributed by atoms with E-state index in [1.807, 2.05) is 0 Å². The third-order valence-corrected chi connectivity index (χ3v) is 1.13. The molecule has 0 atom stereocenters. The van der Waals surface area contributed by atoms with Crippen LogP contribution in [0.2, 0.25) is 0 Å². The van der Waals surface area contributed by atoms with Gasteiger partial charge in [-0.3, -0.25) is 9.59 Å². The fraction of sp³-hybridized carbons (Fsp3) is 0.667. The molecule has 0 heterocycles. The van der Waals surface area contributed by atoms with Crippen molar-refractivity contribution < 1.29 is 23.1 Å². The number of ether oxygens (including phenoxy) is 1. The molecular weight excluding hydrogens is 208 g/mol. The summed E-state index contributed by atoms with van der Waals surface area (Å²) in [4.78, 5) is 20.9. The Balaban J connectivity index is 3.77. The van der Waals surface area contributed by atoms with Crippen LogP contribution in [0.4, 0.5) is 8.78 Å². The van der Waals surface area contributed by atoms with Crippen molar-refractivity contribution in [1.82, 2.24) is 5.32 Å². The summed E-state index contributed by atoms with van der Waals surface area (Å²) in [5.74, 6) is -2.51. The zero-order chi connectivity index (χ0) is 10.5. The number of hydrogen-bond donors (Lipinski definition) is 1. The molecule has 0 saturated carbocycles. The lowest BCUT2D eigenvalue weighted by molar-refractivity contribution is -0.145. The van der Waals surface area contributed by atoms with E-state index in [9.17, 15) is 18.4 Å². The van der Waals surface area contributed by atoms with E-state index in [1.54, 1.807) is 12.2 Å². The average molecular weight is 216 g/mol. The summed E-state index contributed by atoms with van der Waals surface area (Å²) in [5.41, 5.74) is 0. The van der Waals surface area contributed by atoms with Gasteiger partial charge in [0.15, 0.2) is 0 Å². The van der Waals surface area contributed by atoms with E-state index in [0.717, 1.165) is 0 Å². The van der Waals surface area contributed by atoms with E-state index in [2.05, 4.69) is 16.3 Å². The molecule has 0 bridgehead atoms. The maximum Gasteiger partial charge on any atom is 0.399 e. The zero-order valence-corrected chi connectivity index (χ0v) is 7.53. The second kappa shape index (κ2) is 4.96. The van der Waals surface area contributed by atoms with Crippen molar-refractivity contribution in [1.29, 1.82) is 0 Å². The van der Waals surface area contributed by atoms with Gasteiger partial charge in [0.25, 0.3) is 0 Å². The van der Waals surface area contributed by atoms with Gasteiger partial charge in [-0.1, -0.05) is 0 Å². The quantitative estimate of drug-likeness (QED) is 0.549. The summed E-state index contributed by atoms with van der Waals surface area (Å²) in [6.07, 6.45) is 0. The molecule has 4 nitrogen and oxygen atoms in total. The Bertz CT molecular complexity index is 205. The first-order valence-corrected chi connectivity index (χ1v) is 3.76.